The Kier molecular flexibility index (Phi) is 25.6. The normalized spacial score (nSPS) is 6.57. The van der Waals surface area contributed by atoms with Crippen LogP contribution in [0.4, 0.5) is 0 Å². The predicted octanol–water partition coefficient (Wildman–Crippen LogP) is 1.35. The fourth-order valence-corrected chi connectivity index (χ4v) is 0. The highest BCUT2D eigenvalue weighted by molar-refractivity contribution is 5.52. The number of terminal acetylenes is 1. The Hall–Kier alpha value is -0.770. The van der Waals surface area contributed by atoms with Gasteiger partial charge in [-0.1, -0.05) is 0 Å². The molecule has 0 aromatic carbocycles. The summed E-state index contributed by atoms with van der Waals surface area (Å²) in [5, 5.41) is 0. The molecule has 0 rings (SSSR count). The quantitative estimate of drug-likeness (QED) is 0.319. The fourth-order valence-electron chi connectivity index (χ4n) is 0. The van der Waals surface area contributed by atoms with Crippen LogP contribution in [0.1, 0.15) is 13.8 Å². The van der Waals surface area contributed by atoms with E-state index in [1.807, 2.05) is 6.92 Å². The lowest BCUT2D eigenvalue weighted by molar-refractivity contribution is 1.46. The maximum absolute atomic E-state index is 4.60. The van der Waals surface area contributed by atoms with Crippen LogP contribution in [-0.2, 0) is 0 Å². The highest BCUT2D eigenvalue weighted by Crippen LogP contribution is 1.39. The van der Waals surface area contributed by atoms with Gasteiger partial charge in [0.05, 0.1) is 0 Å². The van der Waals surface area contributed by atoms with Crippen LogP contribution in [0, 0.1) is 12.3 Å². The van der Waals surface area contributed by atoms with Gasteiger partial charge in [0, 0.05) is 7.05 Å². The first-order valence-electron chi connectivity index (χ1n) is 2.07. The summed E-state index contributed by atoms with van der Waals surface area (Å²) in [4.78, 5) is 3.61. The zero-order chi connectivity index (χ0) is 6.12. The average molecular weight is 97.2 g/mol. The molecule has 0 saturated heterocycles. The Labute approximate surface area is 45.5 Å². The SMILES string of the molecule is C#CC.CC=NC. The molecule has 0 N–H and O–H groups in total. The van der Waals surface area contributed by atoms with Crippen molar-refractivity contribution in [3.05, 3.63) is 0 Å². The van der Waals surface area contributed by atoms with E-state index in [0.717, 1.165) is 0 Å². The van der Waals surface area contributed by atoms with Gasteiger partial charge in [-0.2, -0.15) is 0 Å². The second-order valence-electron chi connectivity index (χ2n) is 0.805. The molecule has 0 heterocycles. The summed E-state index contributed by atoms with van der Waals surface area (Å²) < 4.78 is 0. The van der Waals surface area contributed by atoms with Crippen molar-refractivity contribution in [3.8, 4) is 12.3 Å². The van der Waals surface area contributed by atoms with E-state index >= 15 is 0 Å². The van der Waals surface area contributed by atoms with E-state index < -0.39 is 0 Å². The molecule has 1 nitrogen and oxygen atoms in total. The first kappa shape index (κ1) is 9.52. The molecule has 0 amide bonds. The van der Waals surface area contributed by atoms with Gasteiger partial charge in [-0.3, -0.25) is 0 Å². The number of hydrogen-bond donors (Lipinski definition) is 0. The van der Waals surface area contributed by atoms with Crippen LogP contribution in [0.25, 0.3) is 0 Å². The Balaban J connectivity index is 0. The molecule has 40 valence electrons. The lowest BCUT2D eigenvalue weighted by atomic mass is 10.9. The maximum Gasteiger partial charge on any atom is 0.0273 e. The molecule has 0 aromatic rings. The Morgan fingerprint density at radius 2 is 1.86 bits per heavy atom. The summed E-state index contributed by atoms with van der Waals surface area (Å²) in [6, 6.07) is 0. The smallest absolute Gasteiger partial charge is 0.0273 e. The molecule has 0 atom stereocenters. The van der Waals surface area contributed by atoms with Crippen molar-refractivity contribution in [1.82, 2.24) is 0 Å². The molecule has 0 bridgehead atoms. The highest BCUT2D eigenvalue weighted by atomic mass is 14.6. The third kappa shape index (κ3) is 1030. The molecule has 0 fully saturated rings. The molecule has 0 spiro atoms. The second-order valence-corrected chi connectivity index (χ2v) is 0.805. The van der Waals surface area contributed by atoms with Gasteiger partial charge in [0.1, 0.15) is 0 Å². The van der Waals surface area contributed by atoms with Crippen molar-refractivity contribution in [2.45, 2.75) is 13.8 Å². The van der Waals surface area contributed by atoms with Crippen molar-refractivity contribution in [2.75, 3.05) is 7.05 Å². The Bertz CT molecular complexity index is 62.7. The van der Waals surface area contributed by atoms with E-state index in [1.54, 1.807) is 20.2 Å². The van der Waals surface area contributed by atoms with Gasteiger partial charge < -0.3 is 4.99 Å². The minimum Gasteiger partial charge on any atom is -0.301 e. The van der Waals surface area contributed by atoms with Gasteiger partial charge in [-0.25, -0.2) is 0 Å². The molecule has 0 saturated carbocycles. The summed E-state index contributed by atoms with van der Waals surface area (Å²) >= 11 is 0. The highest BCUT2D eigenvalue weighted by Gasteiger charge is 1.32. The van der Waals surface area contributed by atoms with Gasteiger partial charge in [-0.05, 0) is 20.1 Å². The summed E-state index contributed by atoms with van der Waals surface area (Å²) in [6.07, 6.45) is 6.35. The first-order valence-corrected chi connectivity index (χ1v) is 2.07. The molecule has 0 radical (unpaired) electrons. The maximum atomic E-state index is 4.60. The standard InChI is InChI=1S/C3H7N.C3H4/c1-3-4-2;1-3-2/h3H,1-2H3;1H,2H3. The van der Waals surface area contributed by atoms with Crippen molar-refractivity contribution >= 4 is 6.21 Å². The third-order valence-corrected chi connectivity index (χ3v) is 0.258. The van der Waals surface area contributed by atoms with Crippen molar-refractivity contribution in [1.29, 1.82) is 0 Å². The summed E-state index contributed by atoms with van der Waals surface area (Å²) in [5.74, 6) is 2.25. The molecular formula is C6H11N. The average Bonchev–Trinajstić information content (AvgIpc) is 1.69. The molecular weight excluding hydrogens is 86.1 g/mol. The van der Waals surface area contributed by atoms with Crippen LogP contribution in [0.3, 0.4) is 0 Å². The molecule has 0 aliphatic carbocycles. The van der Waals surface area contributed by atoms with E-state index in [1.165, 1.54) is 0 Å². The summed E-state index contributed by atoms with van der Waals surface area (Å²) in [5.41, 5.74) is 0. The van der Waals surface area contributed by atoms with E-state index in [0.29, 0.717) is 0 Å². The van der Waals surface area contributed by atoms with E-state index in [2.05, 4.69) is 17.3 Å². The number of aliphatic imine (C=N–C) groups is 1. The monoisotopic (exact) mass is 97.1 g/mol. The van der Waals surface area contributed by atoms with E-state index in [9.17, 15) is 0 Å². The minimum atomic E-state index is 1.65. The van der Waals surface area contributed by atoms with Gasteiger partial charge in [0.25, 0.3) is 0 Å². The number of rotatable bonds is 0. The summed E-state index contributed by atoms with van der Waals surface area (Å²) in [7, 11) is 1.75. The molecule has 7 heavy (non-hydrogen) atoms. The Morgan fingerprint density at radius 1 is 1.71 bits per heavy atom. The molecule has 0 aromatic heterocycles. The van der Waals surface area contributed by atoms with Crippen LogP contribution in [0.2, 0.25) is 0 Å². The molecule has 0 unspecified atom stereocenters. The van der Waals surface area contributed by atoms with Crippen LogP contribution in [0.15, 0.2) is 4.99 Å². The summed E-state index contributed by atoms with van der Waals surface area (Å²) in [6.45, 7) is 3.54. The Morgan fingerprint density at radius 3 is 1.86 bits per heavy atom. The zero-order valence-electron chi connectivity index (χ0n) is 5.10. The van der Waals surface area contributed by atoms with Crippen molar-refractivity contribution in [2.24, 2.45) is 4.99 Å². The number of hydrogen-bond acceptors (Lipinski definition) is 1. The number of nitrogens with zero attached hydrogens (tertiary/aromatic N) is 1. The first-order chi connectivity index (χ1) is 3.33. The van der Waals surface area contributed by atoms with Crippen molar-refractivity contribution < 1.29 is 0 Å². The second kappa shape index (κ2) is 18.8. The molecule has 0 aliphatic heterocycles. The van der Waals surface area contributed by atoms with E-state index in [4.69, 9.17) is 0 Å². The lowest BCUT2D eigenvalue weighted by Gasteiger charge is -1.53. The largest absolute Gasteiger partial charge is 0.301 e. The predicted molar refractivity (Wildman–Crippen MR) is 34.6 cm³/mol. The lowest BCUT2D eigenvalue weighted by Crippen LogP contribution is -1.47. The zero-order valence-corrected chi connectivity index (χ0v) is 5.10. The third-order valence-electron chi connectivity index (χ3n) is 0.258. The minimum absolute atomic E-state index is 1.65. The van der Waals surface area contributed by atoms with Crippen LogP contribution in [0.5, 0.6) is 0 Å². The van der Waals surface area contributed by atoms with Crippen LogP contribution < -0.4 is 0 Å². The van der Waals surface area contributed by atoms with Crippen molar-refractivity contribution in [3.63, 3.8) is 0 Å². The van der Waals surface area contributed by atoms with Gasteiger partial charge in [0.15, 0.2) is 0 Å². The molecule has 1 heteroatoms. The topological polar surface area (TPSA) is 12.4 Å². The van der Waals surface area contributed by atoms with Gasteiger partial charge in [-0.15, -0.1) is 12.3 Å². The van der Waals surface area contributed by atoms with Crippen LogP contribution >= 0.6 is 0 Å². The van der Waals surface area contributed by atoms with Gasteiger partial charge >= 0.3 is 0 Å². The van der Waals surface area contributed by atoms with Crippen LogP contribution in [-0.4, -0.2) is 13.3 Å². The molecule has 0 aliphatic rings. The van der Waals surface area contributed by atoms with Gasteiger partial charge in [0.2, 0.25) is 0 Å². The van der Waals surface area contributed by atoms with E-state index in [-0.39, 0.29) is 0 Å². The fraction of sp³-hybridized carbons (Fsp3) is 0.500.